The average Bonchev–Trinajstić information content (AvgIpc) is 3.84. The molecule has 4 amide bonds. The molecule has 264 valence electrons. The van der Waals surface area contributed by atoms with Crippen molar-refractivity contribution >= 4 is 58.4 Å². The van der Waals surface area contributed by atoms with E-state index in [1.54, 1.807) is 77.3 Å². The minimum Gasteiger partial charge on any atom is -0.493 e. The minimum atomic E-state index is -0.358. The van der Waals surface area contributed by atoms with Gasteiger partial charge in [0.1, 0.15) is 11.3 Å². The van der Waals surface area contributed by atoms with Gasteiger partial charge in [0.2, 0.25) is 12.3 Å². The van der Waals surface area contributed by atoms with Gasteiger partial charge in [0, 0.05) is 62.7 Å². The van der Waals surface area contributed by atoms with Crippen molar-refractivity contribution in [1.82, 2.24) is 14.4 Å². The number of aromatic nitrogens is 1. The van der Waals surface area contributed by atoms with Gasteiger partial charge < -0.3 is 38.9 Å². The second-order valence-electron chi connectivity index (χ2n) is 12.1. The Morgan fingerprint density at radius 2 is 1.86 bits per heavy atom. The van der Waals surface area contributed by atoms with E-state index in [1.165, 1.54) is 0 Å². The maximum Gasteiger partial charge on any atom is 0.289 e. The molecule has 13 nitrogen and oxygen atoms in total. The molecule has 2 aromatic heterocycles. The number of carbonyl (C=O) groups excluding carboxylic acids is 4. The monoisotopic (exact) mass is 684 g/mol. The maximum absolute atomic E-state index is 13.1. The van der Waals surface area contributed by atoms with E-state index in [4.69, 9.17) is 13.9 Å². The van der Waals surface area contributed by atoms with Crippen LogP contribution in [0.25, 0.3) is 11.0 Å². The Balaban J connectivity index is 1.13. The number of aryl methyl sites for hydroxylation is 2. The number of hydrogen-bond donors (Lipinski definition) is 2. The van der Waals surface area contributed by atoms with Gasteiger partial charge in [-0.2, -0.15) is 0 Å². The molecule has 1 fully saturated rings. The first-order valence-electron chi connectivity index (χ1n) is 16.8. The summed E-state index contributed by atoms with van der Waals surface area (Å²) in [5, 5.41) is 6.43. The van der Waals surface area contributed by atoms with Gasteiger partial charge in [0.05, 0.1) is 31.1 Å². The van der Waals surface area contributed by atoms with Crippen molar-refractivity contribution in [2.24, 2.45) is 12.0 Å². The minimum absolute atomic E-state index is 0.0185. The molecule has 0 radical (unpaired) electrons. The van der Waals surface area contributed by atoms with E-state index in [0.29, 0.717) is 59.0 Å². The molecule has 5 rings (SSSR count). The predicted molar refractivity (Wildman–Crippen MR) is 192 cm³/mol. The summed E-state index contributed by atoms with van der Waals surface area (Å²) in [7, 11) is 3.29. The van der Waals surface area contributed by atoms with Crippen LogP contribution in [0.2, 0.25) is 0 Å². The molecule has 2 N–H and O–H groups in total. The van der Waals surface area contributed by atoms with E-state index in [-0.39, 0.29) is 42.6 Å². The highest BCUT2D eigenvalue weighted by Crippen LogP contribution is 2.35. The fourth-order valence-corrected chi connectivity index (χ4v) is 5.92. The summed E-state index contributed by atoms with van der Waals surface area (Å²) in [5.41, 5.74) is 3.57. The zero-order valence-corrected chi connectivity index (χ0v) is 29.2. The number of hydrogen-bond acceptors (Lipinski definition) is 8. The Kier molecular flexibility index (Phi) is 11.6. The molecule has 1 aliphatic rings. The molecule has 0 spiro atoms. The Labute approximate surface area is 291 Å². The van der Waals surface area contributed by atoms with E-state index >= 15 is 0 Å². The molecule has 3 heterocycles. The summed E-state index contributed by atoms with van der Waals surface area (Å²) in [6.45, 7) is 7.91. The average molecular weight is 685 g/mol. The van der Waals surface area contributed by atoms with Gasteiger partial charge in [0.25, 0.3) is 11.8 Å². The number of carbonyl (C=O) groups is 4. The third kappa shape index (κ3) is 8.33. The van der Waals surface area contributed by atoms with Gasteiger partial charge >= 0.3 is 0 Å². The molecule has 1 atom stereocenters. The van der Waals surface area contributed by atoms with E-state index in [1.807, 2.05) is 26.8 Å². The summed E-state index contributed by atoms with van der Waals surface area (Å²) in [6.07, 6.45) is 6.81. The number of aliphatic imine (C=N–C) groups is 1. The molecule has 1 saturated heterocycles. The van der Waals surface area contributed by atoms with Crippen molar-refractivity contribution in [2.45, 2.75) is 52.5 Å². The fourth-order valence-electron chi connectivity index (χ4n) is 5.92. The number of rotatable bonds is 15. The number of methoxy groups -OCH3 is 1. The molecule has 1 aliphatic heterocycles. The second-order valence-corrected chi connectivity index (χ2v) is 12.1. The van der Waals surface area contributed by atoms with Crippen molar-refractivity contribution in [3.63, 3.8) is 0 Å². The van der Waals surface area contributed by atoms with Gasteiger partial charge in [-0.1, -0.05) is 0 Å². The topological polar surface area (TPSA) is 148 Å². The fraction of sp³-hybridized carbons (Fsp3) is 0.378. The summed E-state index contributed by atoms with van der Waals surface area (Å²) < 4.78 is 18.9. The smallest absolute Gasteiger partial charge is 0.289 e. The first-order valence-corrected chi connectivity index (χ1v) is 16.8. The Bertz CT molecular complexity index is 1890. The normalized spacial score (nSPS) is 14.3. The van der Waals surface area contributed by atoms with Crippen LogP contribution in [-0.2, 0) is 16.6 Å². The third-order valence-electron chi connectivity index (χ3n) is 8.71. The zero-order valence-electron chi connectivity index (χ0n) is 29.2. The molecule has 13 heteroatoms. The lowest BCUT2D eigenvalue weighted by atomic mass is 10.1. The molecule has 0 aliphatic carbocycles. The summed E-state index contributed by atoms with van der Waals surface area (Å²) >= 11 is 0. The number of ether oxygens (including phenoxy) is 2. The lowest BCUT2D eigenvalue weighted by Crippen LogP contribution is -2.30. The second kappa shape index (κ2) is 16.2. The summed E-state index contributed by atoms with van der Waals surface area (Å²) in [4.78, 5) is 57.9. The molecule has 50 heavy (non-hydrogen) atoms. The Morgan fingerprint density at radius 3 is 2.60 bits per heavy atom. The van der Waals surface area contributed by atoms with Crippen molar-refractivity contribution in [3.05, 3.63) is 65.7 Å². The highest BCUT2D eigenvalue weighted by atomic mass is 16.5. The number of anilines is 2. The number of fused-ring (bicyclic) bond motifs is 1. The Morgan fingerprint density at radius 1 is 1.06 bits per heavy atom. The van der Waals surface area contributed by atoms with E-state index in [9.17, 15) is 19.2 Å². The van der Waals surface area contributed by atoms with Crippen LogP contribution in [-0.4, -0.2) is 84.1 Å². The van der Waals surface area contributed by atoms with Crippen LogP contribution in [0.5, 0.6) is 11.5 Å². The van der Waals surface area contributed by atoms with Crippen LogP contribution >= 0.6 is 0 Å². The van der Waals surface area contributed by atoms with Gasteiger partial charge in [-0.15, -0.1) is 0 Å². The highest BCUT2D eigenvalue weighted by Gasteiger charge is 2.22. The van der Waals surface area contributed by atoms with Gasteiger partial charge in [-0.3, -0.25) is 24.2 Å². The highest BCUT2D eigenvalue weighted by molar-refractivity contribution is 6.05. The van der Waals surface area contributed by atoms with Crippen LogP contribution < -0.4 is 20.1 Å². The summed E-state index contributed by atoms with van der Waals surface area (Å²) in [6, 6.07) is 12.1. The molecule has 2 aromatic carbocycles. The SMILES string of the molecule is CCN(CC)C(=O)c1cc2cc(NC(=O)c3cc(NC(=O)CCCOc4cc(N=CC5CCCN5C=O)c(C)cc4OC)cn3C)ccc2o1. The van der Waals surface area contributed by atoms with Crippen molar-refractivity contribution < 1.29 is 33.1 Å². The lowest BCUT2D eigenvalue weighted by Gasteiger charge is -2.16. The van der Waals surface area contributed by atoms with Gasteiger partial charge in [0.15, 0.2) is 17.3 Å². The van der Waals surface area contributed by atoms with Gasteiger partial charge in [-0.25, -0.2) is 0 Å². The van der Waals surface area contributed by atoms with Crippen LogP contribution in [0.1, 0.15) is 66.1 Å². The number of nitrogens with zero attached hydrogens (tertiary/aromatic N) is 4. The molecule has 1 unspecified atom stereocenters. The molecule has 0 bridgehead atoms. The molecule has 0 saturated carbocycles. The number of benzene rings is 2. The van der Waals surface area contributed by atoms with Crippen LogP contribution in [0.15, 0.2) is 58.1 Å². The van der Waals surface area contributed by atoms with Crippen molar-refractivity contribution in [3.8, 4) is 11.5 Å². The third-order valence-corrected chi connectivity index (χ3v) is 8.71. The number of amides is 4. The first kappa shape index (κ1) is 35.7. The van der Waals surface area contributed by atoms with Crippen LogP contribution in [0.4, 0.5) is 17.1 Å². The number of likely N-dealkylation sites (tertiary alicyclic amines) is 1. The lowest BCUT2D eigenvalue weighted by molar-refractivity contribution is -0.118. The number of furan rings is 1. The predicted octanol–water partition coefficient (Wildman–Crippen LogP) is 5.94. The molecule has 4 aromatic rings. The van der Waals surface area contributed by atoms with Crippen molar-refractivity contribution in [2.75, 3.05) is 44.0 Å². The van der Waals surface area contributed by atoms with Crippen molar-refractivity contribution in [1.29, 1.82) is 0 Å². The summed E-state index contributed by atoms with van der Waals surface area (Å²) in [5.74, 6) is 0.574. The largest absolute Gasteiger partial charge is 0.493 e. The maximum atomic E-state index is 13.1. The number of nitrogens with one attached hydrogen (secondary N) is 2. The van der Waals surface area contributed by atoms with Crippen LogP contribution in [0.3, 0.4) is 0 Å². The van der Waals surface area contributed by atoms with Gasteiger partial charge in [-0.05, 0) is 82.0 Å². The quantitative estimate of drug-likeness (QED) is 0.0894. The molecular formula is C37H44N6O7. The standard InChI is InChI=1S/C37H44N6O7/c1-6-42(7-2)37(47)34-18-25-17-26(12-13-31(25)50-34)40-36(46)30-19-27(22-41(30)4)39-35(45)11-9-15-49-33-20-29(24(3)16-32(33)48-5)38-21-28-10-8-14-43(28)23-44/h12-13,16-23,28H,6-11,14-15H2,1-5H3,(H,39,45)(H,40,46). The van der Waals surface area contributed by atoms with E-state index in [0.717, 1.165) is 37.0 Å². The zero-order chi connectivity index (χ0) is 35.8. The Hall–Kier alpha value is -5.59. The molecular weight excluding hydrogens is 640 g/mol. The van der Waals surface area contributed by atoms with Crippen LogP contribution in [0, 0.1) is 6.92 Å². The first-order chi connectivity index (χ1) is 24.1. The van der Waals surface area contributed by atoms with E-state index < -0.39 is 0 Å². The van der Waals surface area contributed by atoms with E-state index in [2.05, 4.69) is 15.6 Å².